The largest absolute Gasteiger partial charge is 0.497 e. The molecule has 0 saturated carbocycles. The van der Waals surface area contributed by atoms with Crippen molar-refractivity contribution in [1.82, 2.24) is 5.32 Å². The van der Waals surface area contributed by atoms with Crippen LogP contribution in [0.25, 0.3) is 21.7 Å². The predicted molar refractivity (Wildman–Crippen MR) is 126 cm³/mol. The van der Waals surface area contributed by atoms with E-state index in [1.807, 2.05) is 54.6 Å². The summed E-state index contributed by atoms with van der Waals surface area (Å²) in [4.78, 5) is 25.4. The zero-order valence-corrected chi connectivity index (χ0v) is 18.4. The van der Waals surface area contributed by atoms with Crippen molar-refractivity contribution in [2.45, 2.75) is 32.6 Å². The number of furan rings is 1. The molecule has 1 N–H and O–H groups in total. The molecule has 0 aliphatic heterocycles. The fraction of sp³-hybridized carbons (Fsp3) is 0.259. The van der Waals surface area contributed by atoms with Crippen LogP contribution < -0.4 is 10.1 Å². The van der Waals surface area contributed by atoms with Gasteiger partial charge in [0.05, 0.1) is 20.1 Å². The fourth-order valence-corrected chi connectivity index (χ4v) is 3.91. The van der Waals surface area contributed by atoms with Crippen LogP contribution in [0.2, 0.25) is 0 Å². The summed E-state index contributed by atoms with van der Waals surface area (Å²) < 4.78 is 11.2. The van der Waals surface area contributed by atoms with Crippen LogP contribution in [0.3, 0.4) is 0 Å². The van der Waals surface area contributed by atoms with E-state index in [-0.39, 0.29) is 24.7 Å². The first-order chi connectivity index (χ1) is 15.6. The first-order valence-corrected chi connectivity index (χ1v) is 11.0. The zero-order valence-electron chi connectivity index (χ0n) is 18.4. The van der Waals surface area contributed by atoms with Crippen LogP contribution in [0.4, 0.5) is 0 Å². The van der Waals surface area contributed by atoms with Gasteiger partial charge in [-0.15, -0.1) is 0 Å². The molecule has 4 rings (SSSR count). The number of methoxy groups -OCH3 is 1. The number of carbonyl (C=O) groups is 2. The van der Waals surface area contributed by atoms with Crippen LogP contribution in [-0.4, -0.2) is 25.3 Å². The van der Waals surface area contributed by atoms with Gasteiger partial charge < -0.3 is 14.5 Å². The molecule has 0 atom stereocenters. The van der Waals surface area contributed by atoms with Crippen LogP contribution in [0.1, 0.15) is 41.4 Å². The number of Topliss-reactive ketones (excluding diaryl/α,β-unsaturated/α-hetero) is 1. The normalized spacial score (nSPS) is 11.1. The maximum Gasteiger partial charge on any atom is 0.224 e. The molecular weight excluding hydrogens is 402 g/mol. The molecule has 0 fully saturated rings. The van der Waals surface area contributed by atoms with Crippen molar-refractivity contribution in [2.75, 3.05) is 13.7 Å². The minimum atomic E-state index is -0.187. The van der Waals surface area contributed by atoms with Crippen molar-refractivity contribution >= 4 is 33.4 Å². The molecule has 0 aliphatic rings. The number of para-hydroxylation sites is 1. The molecule has 5 heteroatoms. The van der Waals surface area contributed by atoms with E-state index >= 15 is 0 Å². The Bertz CT molecular complexity index is 1270. The molecule has 32 heavy (non-hydrogen) atoms. The van der Waals surface area contributed by atoms with Crippen molar-refractivity contribution in [2.24, 2.45) is 0 Å². The van der Waals surface area contributed by atoms with Gasteiger partial charge >= 0.3 is 0 Å². The number of amides is 1. The lowest BCUT2D eigenvalue weighted by Gasteiger charge is -2.07. The third-order valence-corrected chi connectivity index (χ3v) is 5.69. The number of aryl methyl sites for hydroxylation is 1. The maximum atomic E-state index is 12.7. The van der Waals surface area contributed by atoms with Gasteiger partial charge in [-0.2, -0.15) is 0 Å². The topological polar surface area (TPSA) is 68.5 Å². The number of hydrogen-bond donors (Lipinski definition) is 1. The van der Waals surface area contributed by atoms with Crippen LogP contribution in [0, 0.1) is 0 Å². The molecule has 0 bridgehead atoms. The molecule has 0 unspecified atom stereocenters. The van der Waals surface area contributed by atoms with Crippen molar-refractivity contribution in [3.8, 4) is 5.75 Å². The summed E-state index contributed by atoms with van der Waals surface area (Å²) in [5, 5.41) is 5.70. The quantitative estimate of drug-likeness (QED) is 0.358. The number of hydrogen-bond acceptors (Lipinski definition) is 4. The van der Waals surface area contributed by atoms with Gasteiger partial charge in [0, 0.05) is 22.9 Å². The second-order valence-corrected chi connectivity index (χ2v) is 7.91. The average molecular weight is 430 g/mol. The van der Waals surface area contributed by atoms with Crippen molar-refractivity contribution in [3.05, 3.63) is 77.6 Å². The van der Waals surface area contributed by atoms with E-state index in [0.717, 1.165) is 58.1 Å². The summed E-state index contributed by atoms with van der Waals surface area (Å²) in [6, 6.07) is 19.0. The van der Waals surface area contributed by atoms with Gasteiger partial charge in [0.25, 0.3) is 0 Å². The highest BCUT2D eigenvalue weighted by molar-refractivity contribution is 6.02. The minimum absolute atomic E-state index is 0.0411. The van der Waals surface area contributed by atoms with Crippen LogP contribution in [-0.2, 0) is 17.6 Å². The Morgan fingerprint density at radius 3 is 2.59 bits per heavy atom. The molecular formula is C27H27NO4. The van der Waals surface area contributed by atoms with Gasteiger partial charge in [0.1, 0.15) is 17.1 Å². The number of ether oxygens (including phenoxy) is 1. The SMILES string of the molecule is CCCCc1oc2ccccc2c1CC(=O)NCC(=O)c1ccc2cc(OC)ccc2c1. The molecule has 0 spiro atoms. The van der Waals surface area contributed by atoms with Gasteiger partial charge in [-0.3, -0.25) is 9.59 Å². The lowest BCUT2D eigenvalue weighted by molar-refractivity contribution is -0.120. The second kappa shape index (κ2) is 9.69. The highest BCUT2D eigenvalue weighted by Gasteiger charge is 2.17. The number of unbranched alkanes of at least 4 members (excludes halogenated alkanes) is 1. The Morgan fingerprint density at radius 1 is 1.00 bits per heavy atom. The van der Waals surface area contributed by atoms with E-state index in [2.05, 4.69) is 12.2 Å². The molecule has 0 saturated heterocycles. The number of rotatable bonds is 9. The highest BCUT2D eigenvalue weighted by atomic mass is 16.5. The first kappa shape index (κ1) is 21.6. The number of nitrogens with one attached hydrogen (secondary N) is 1. The number of benzene rings is 3. The molecule has 164 valence electrons. The Hall–Kier alpha value is -3.60. The van der Waals surface area contributed by atoms with Gasteiger partial charge in [0.2, 0.25) is 5.91 Å². The summed E-state index contributed by atoms with van der Waals surface area (Å²) >= 11 is 0. The minimum Gasteiger partial charge on any atom is -0.497 e. The Kier molecular flexibility index (Phi) is 6.55. The van der Waals surface area contributed by atoms with Gasteiger partial charge in [0.15, 0.2) is 5.78 Å². The van der Waals surface area contributed by atoms with Crippen LogP contribution in [0.5, 0.6) is 5.75 Å². The van der Waals surface area contributed by atoms with E-state index < -0.39 is 0 Å². The predicted octanol–water partition coefficient (Wildman–Crippen LogP) is 5.48. The smallest absolute Gasteiger partial charge is 0.224 e. The number of ketones is 1. The van der Waals surface area contributed by atoms with E-state index in [1.54, 1.807) is 13.2 Å². The summed E-state index contributed by atoms with van der Waals surface area (Å²) in [5.41, 5.74) is 2.28. The molecule has 1 amide bonds. The lowest BCUT2D eigenvalue weighted by atomic mass is 10.0. The monoisotopic (exact) mass is 429 g/mol. The molecule has 1 aromatic heterocycles. The maximum absolute atomic E-state index is 12.7. The molecule has 0 radical (unpaired) electrons. The van der Waals surface area contributed by atoms with Crippen molar-refractivity contribution in [1.29, 1.82) is 0 Å². The Morgan fingerprint density at radius 2 is 1.78 bits per heavy atom. The fourth-order valence-electron chi connectivity index (χ4n) is 3.91. The zero-order chi connectivity index (χ0) is 22.5. The van der Waals surface area contributed by atoms with E-state index in [9.17, 15) is 9.59 Å². The summed E-state index contributed by atoms with van der Waals surface area (Å²) in [5.74, 6) is 1.32. The van der Waals surface area contributed by atoms with Crippen molar-refractivity contribution < 1.29 is 18.7 Å². The first-order valence-electron chi connectivity index (χ1n) is 11.0. The van der Waals surface area contributed by atoms with E-state index in [0.29, 0.717) is 5.56 Å². The van der Waals surface area contributed by atoms with Gasteiger partial charge in [-0.1, -0.05) is 49.7 Å². The Labute approximate surface area is 187 Å². The van der Waals surface area contributed by atoms with Crippen LogP contribution in [0.15, 0.2) is 65.1 Å². The van der Waals surface area contributed by atoms with Gasteiger partial charge in [-0.05, 0) is 41.5 Å². The Balaban J connectivity index is 1.44. The molecule has 3 aromatic carbocycles. The second-order valence-electron chi connectivity index (χ2n) is 7.91. The van der Waals surface area contributed by atoms with E-state index in [4.69, 9.17) is 9.15 Å². The van der Waals surface area contributed by atoms with E-state index in [1.165, 1.54) is 0 Å². The standard InChI is InChI=1S/C27H27NO4/c1-3-4-8-26-23(22-7-5-6-9-25(22)32-26)16-27(30)28-17-24(29)20-11-10-19-15-21(31-2)13-12-18(19)14-20/h5-7,9-15H,3-4,8,16-17H2,1-2H3,(H,28,30). The third kappa shape index (κ3) is 4.67. The number of fused-ring (bicyclic) bond motifs is 2. The highest BCUT2D eigenvalue weighted by Crippen LogP contribution is 2.27. The summed E-state index contributed by atoms with van der Waals surface area (Å²) in [6.45, 7) is 2.09. The summed E-state index contributed by atoms with van der Waals surface area (Å²) in [7, 11) is 1.63. The van der Waals surface area contributed by atoms with Crippen molar-refractivity contribution in [3.63, 3.8) is 0 Å². The number of carbonyl (C=O) groups excluding carboxylic acids is 2. The average Bonchev–Trinajstić information content (AvgIpc) is 3.17. The van der Waals surface area contributed by atoms with Crippen LogP contribution >= 0.6 is 0 Å². The third-order valence-electron chi connectivity index (χ3n) is 5.69. The molecule has 1 heterocycles. The lowest BCUT2D eigenvalue weighted by Crippen LogP contribution is -2.30. The summed E-state index contributed by atoms with van der Waals surface area (Å²) in [6.07, 6.45) is 3.05. The molecule has 5 nitrogen and oxygen atoms in total. The molecule has 4 aromatic rings. The molecule has 0 aliphatic carbocycles. The van der Waals surface area contributed by atoms with Gasteiger partial charge in [-0.25, -0.2) is 0 Å².